The summed E-state index contributed by atoms with van der Waals surface area (Å²) in [6.07, 6.45) is 0. The van der Waals surface area contributed by atoms with E-state index >= 15 is 0 Å². The largest absolute Gasteiger partial charge is 0.357 e. The van der Waals surface area contributed by atoms with Crippen LogP contribution in [0.1, 0.15) is 11.3 Å². The van der Waals surface area contributed by atoms with Gasteiger partial charge in [0, 0.05) is 16.6 Å². The molecule has 2 aromatic carbocycles. The van der Waals surface area contributed by atoms with Crippen LogP contribution in [0.3, 0.4) is 0 Å². The van der Waals surface area contributed by atoms with Gasteiger partial charge in [-0.1, -0.05) is 36.4 Å². The predicted octanol–water partition coefficient (Wildman–Crippen LogP) is 3.45. The highest BCUT2D eigenvalue weighted by atomic mass is 32.2. The summed E-state index contributed by atoms with van der Waals surface area (Å²) >= 11 is 0. The molecule has 0 aliphatic carbocycles. The van der Waals surface area contributed by atoms with Crippen LogP contribution in [0.25, 0.3) is 10.9 Å². The maximum absolute atomic E-state index is 12.4. The third-order valence-corrected chi connectivity index (χ3v) is 5.17. The number of para-hydroxylation sites is 1. The van der Waals surface area contributed by atoms with Gasteiger partial charge in [0.25, 0.3) is 0 Å². The van der Waals surface area contributed by atoms with Gasteiger partial charge in [-0.05, 0) is 30.7 Å². The molecule has 1 aromatic heterocycles. The Kier molecular flexibility index (Phi) is 3.10. The number of hydrogen-bond donors (Lipinski definition) is 1. The van der Waals surface area contributed by atoms with Gasteiger partial charge >= 0.3 is 0 Å². The fourth-order valence-corrected chi connectivity index (χ4v) is 3.79. The number of aryl methyl sites for hydroxylation is 1. The van der Waals surface area contributed by atoms with E-state index in [1.54, 1.807) is 24.3 Å². The van der Waals surface area contributed by atoms with Gasteiger partial charge < -0.3 is 4.98 Å². The Bertz CT molecular complexity index is 849. The minimum atomic E-state index is -3.31. The SMILES string of the molecule is Cc1c(CS(=O)(=O)c2ccccc2)[nH]c2ccccc12. The molecule has 0 atom stereocenters. The van der Waals surface area contributed by atoms with E-state index in [2.05, 4.69) is 4.98 Å². The monoisotopic (exact) mass is 285 g/mol. The zero-order chi connectivity index (χ0) is 14.2. The van der Waals surface area contributed by atoms with Gasteiger partial charge in [-0.25, -0.2) is 8.42 Å². The number of hydrogen-bond acceptors (Lipinski definition) is 2. The van der Waals surface area contributed by atoms with Crippen LogP contribution in [0.4, 0.5) is 0 Å². The van der Waals surface area contributed by atoms with Crippen molar-refractivity contribution in [3.05, 3.63) is 65.9 Å². The van der Waals surface area contributed by atoms with Crippen molar-refractivity contribution in [3.8, 4) is 0 Å². The average Bonchev–Trinajstić information content (AvgIpc) is 2.76. The van der Waals surface area contributed by atoms with E-state index in [-0.39, 0.29) is 5.75 Å². The molecule has 0 spiro atoms. The lowest BCUT2D eigenvalue weighted by atomic mass is 10.2. The van der Waals surface area contributed by atoms with E-state index in [9.17, 15) is 8.42 Å². The Balaban J connectivity index is 2.03. The first-order valence-electron chi connectivity index (χ1n) is 6.42. The first-order valence-corrected chi connectivity index (χ1v) is 8.07. The molecule has 0 saturated heterocycles. The van der Waals surface area contributed by atoms with Gasteiger partial charge in [0.1, 0.15) is 0 Å². The van der Waals surface area contributed by atoms with Crippen molar-refractivity contribution in [2.45, 2.75) is 17.6 Å². The lowest BCUT2D eigenvalue weighted by molar-refractivity contribution is 0.594. The summed E-state index contributed by atoms with van der Waals surface area (Å²) < 4.78 is 24.8. The summed E-state index contributed by atoms with van der Waals surface area (Å²) in [5.74, 6) is -0.00245. The van der Waals surface area contributed by atoms with Gasteiger partial charge in [-0.2, -0.15) is 0 Å². The van der Waals surface area contributed by atoms with Crippen LogP contribution >= 0.6 is 0 Å². The highest BCUT2D eigenvalue weighted by molar-refractivity contribution is 7.90. The molecule has 4 heteroatoms. The normalized spacial score (nSPS) is 11.8. The molecule has 0 saturated carbocycles. The van der Waals surface area contributed by atoms with Crippen LogP contribution in [-0.2, 0) is 15.6 Å². The Morgan fingerprint density at radius 3 is 2.30 bits per heavy atom. The standard InChI is InChI=1S/C16H15NO2S/c1-12-14-9-5-6-10-15(14)17-16(12)11-20(18,19)13-7-3-2-4-8-13/h2-10,17H,11H2,1H3. The lowest BCUT2D eigenvalue weighted by Gasteiger charge is -2.04. The third-order valence-electron chi connectivity index (χ3n) is 3.51. The maximum atomic E-state index is 12.4. The van der Waals surface area contributed by atoms with Gasteiger partial charge in [0.2, 0.25) is 0 Å². The van der Waals surface area contributed by atoms with Crippen molar-refractivity contribution in [2.24, 2.45) is 0 Å². The topological polar surface area (TPSA) is 49.9 Å². The summed E-state index contributed by atoms with van der Waals surface area (Å²) in [4.78, 5) is 3.57. The van der Waals surface area contributed by atoms with Gasteiger partial charge in [-0.3, -0.25) is 0 Å². The summed E-state index contributed by atoms with van der Waals surface area (Å²) in [5, 5.41) is 1.07. The molecule has 3 nitrogen and oxygen atoms in total. The first-order chi connectivity index (χ1) is 9.58. The highest BCUT2D eigenvalue weighted by Crippen LogP contribution is 2.24. The molecule has 3 aromatic rings. The van der Waals surface area contributed by atoms with Crippen molar-refractivity contribution in [2.75, 3.05) is 0 Å². The summed E-state index contributed by atoms with van der Waals surface area (Å²) in [7, 11) is -3.31. The van der Waals surface area contributed by atoms with Crippen molar-refractivity contribution in [3.63, 3.8) is 0 Å². The Morgan fingerprint density at radius 2 is 1.60 bits per heavy atom. The van der Waals surface area contributed by atoms with E-state index in [1.807, 2.05) is 37.3 Å². The molecular formula is C16H15NO2S. The zero-order valence-electron chi connectivity index (χ0n) is 11.1. The van der Waals surface area contributed by atoms with Gasteiger partial charge in [-0.15, -0.1) is 0 Å². The molecule has 1 N–H and O–H groups in total. The van der Waals surface area contributed by atoms with Crippen LogP contribution in [0, 0.1) is 6.92 Å². The van der Waals surface area contributed by atoms with Crippen molar-refractivity contribution >= 4 is 20.7 Å². The number of nitrogens with one attached hydrogen (secondary N) is 1. The Labute approximate surface area is 118 Å². The van der Waals surface area contributed by atoms with Crippen LogP contribution in [-0.4, -0.2) is 13.4 Å². The van der Waals surface area contributed by atoms with Crippen molar-refractivity contribution < 1.29 is 8.42 Å². The third kappa shape index (κ3) is 2.23. The van der Waals surface area contributed by atoms with Crippen LogP contribution in [0.2, 0.25) is 0 Å². The number of aromatic amines is 1. The smallest absolute Gasteiger partial charge is 0.183 e. The van der Waals surface area contributed by atoms with Gasteiger partial charge in [0.05, 0.1) is 10.6 Å². The molecule has 102 valence electrons. The molecule has 0 aliphatic rings. The Morgan fingerprint density at radius 1 is 0.950 bits per heavy atom. The molecule has 0 amide bonds. The average molecular weight is 285 g/mol. The van der Waals surface area contributed by atoms with Crippen molar-refractivity contribution in [1.82, 2.24) is 4.98 Å². The molecule has 20 heavy (non-hydrogen) atoms. The van der Waals surface area contributed by atoms with E-state index < -0.39 is 9.84 Å². The van der Waals surface area contributed by atoms with Crippen LogP contribution in [0.15, 0.2) is 59.5 Å². The second-order valence-corrected chi connectivity index (χ2v) is 6.84. The van der Waals surface area contributed by atoms with Crippen molar-refractivity contribution in [1.29, 1.82) is 0 Å². The van der Waals surface area contributed by atoms with E-state index in [1.165, 1.54) is 0 Å². The fourth-order valence-electron chi connectivity index (χ4n) is 2.38. The number of benzene rings is 2. The maximum Gasteiger partial charge on any atom is 0.183 e. The molecule has 3 rings (SSSR count). The lowest BCUT2D eigenvalue weighted by Crippen LogP contribution is -2.06. The fraction of sp³-hybridized carbons (Fsp3) is 0.125. The molecule has 0 radical (unpaired) electrons. The molecular weight excluding hydrogens is 270 g/mol. The number of aromatic nitrogens is 1. The second kappa shape index (κ2) is 4.80. The highest BCUT2D eigenvalue weighted by Gasteiger charge is 2.18. The number of fused-ring (bicyclic) bond motifs is 1. The summed E-state index contributed by atoms with van der Waals surface area (Å²) in [6, 6.07) is 16.4. The van der Waals surface area contributed by atoms with E-state index in [4.69, 9.17) is 0 Å². The minimum absolute atomic E-state index is 0.00245. The summed E-state index contributed by atoms with van der Waals surface area (Å²) in [6.45, 7) is 1.95. The predicted molar refractivity (Wildman–Crippen MR) is 80.4 cm³/mol. The summed E-state index contributed by atoms with van der Waals surface area (Å²) in [5.41, 5.74) is 2.73. The first kappa shape index (κ1) is 12.9. The molecule has 0 bridgehead atoms. The number of sulfone groups is 1. The molecule has 0 aliphatic heterocycles. The second-order valence-electron chi connectivity index (χ2n) is 4.85. The van der Waals surface area contributed by atoms with E-state index in [0.717, 1.165) is 22.2 Å². The Hall–Kier alpha value is -2.07. The number of rotatable bonds is 3. The minimum Gasteiger partial charge on any atom is -0.357 e. The quantitative estimate of drug-likeness (QED) is 0.801. The molecule has 0 fully saturated rings. The molecule has 0 unspecified atom stereocenters. The number of H-pyrrole nitrogens is 1. The van der Waals surface area contributed by atoms with Gasteiger partial charge in [0.15, 0.2) is 9.84 Å². The molecule has 1 heterocycles. The van der Waals surface area contributed by atoms with Crippen LogP contribution in [0.5, 0.6) is 0 Å². The zero-order valence-corrected chi connectivity index (χ0v) is 11.9. The van der Waals surface area contributed by atoms with Crippen LogP contribution < -0.4 is 0 Å². The van der Waals surface area contributed by atoms with E-state index in [0.29, 0.717) is 4.90 Å².